The fraction of sp³-hybridized carbons (Fsp3) is 0.250. The zero-order chi connectivity index (χ0) is 18.7. The smallest absolute Gasteiger partial charge is 0.275 e. The van der Waals surface area contributed by atoms with Crippen LogP contribution in [0, 0.1) is 0 Å². The van der Waals surface area contributed by atoms with Crippen LogP contribution in [0.1, 0.15) is 33.7 Å². The quantitative estimate of drug-likeness (QED) is 0.684. The van der Waals surface area contributed by atoms with Gasteiger partial charge in [0.15, 0.2) is 5.69 Å². The minimum atomic E-state index is -0.470. The van der Waals surface area contributed by atoms with Crippen molar-refractivity contribution in [3.05, 3.63) is 53.0 Å². The fourth-order valence-corrected chi connectivity index (χ4v) is 2.65. The zero-order valence-electron chi connectivity index (χ0n) is 14.2. The van der Waals surface area contributed by atoms with E-state index in [0.29, 0.717) is 12.3 Å². The van der Waals surface area contributed by atoms with Crippen LogP contribution in [0.25, 0.3) is 0 Å². The summed E-state index contributed by atoms with van der Waals surface area (Å²) in [6.07, 6.45) is 4.47. The molecule has 0 bridgehead atoms. The highest BCUT2D eigenvalue weighted by atomic mass is 35.5. The highest BCUT2D eigenvalue weighted by molar-refractivity contribution is 6.34. The maximum atomic E-state index is 12.6. The summed E-state index contributed by atoms with van der Waals surface area (Å²) >= 11 is 6.04. The van der Waals surface area contributed by atoms with Gasteiger partial charge in [0.25, 0.3) is 11.8 Å². The third-order valence-corrected chi connectivity index (χ3v) is 3.88. The van der Waals surface area contributed by atoms with Crippen LogP contribution in [0.3, 0.4) is 0 Å². The molecule has 26 heavy (non-hydrogen) atoms. The maximum absolute atomic E-state index is 12.6. The van der Waals surface area contributed by atoms with Crippen LogP contribution in [0.4, 0.5) is 5.69 Å². The van der Waals surface area contributed by atoms with Crippen molar-refractivity contribution < 1.29 is 14.0 Å². The summed E-state index contributed by atoms with van der Waals surface area (Å²) in [6, 6.07) is 3.48. The van der Waals surface area contributed by atoms with Gasteiger partial charge in [-0.05, 0) is 19.1 Å². The predicted octanol–water partition coefficient (Wildman–Crippen LogP) is 2.07. The number of furan rings is 1. The Morgan fingerprint density at radius 2 is 2.15 bits per heavy atom. The molecule has 0 aliphatic carbocycles. The number of anilines is 1. The minimum absolute atomic E-state index is 0.0890. The van der Waals surface area contributed by atoms with Crippen LogP contribution in [0.5, 0.6) is 0 Å². The second-order valence-corrected chi connectivity index (χ2v) is 5.85. The van der Waals surface area contributed by atoms with Crippen LogP contribution >= 0.6 is 11.6 Å². The molecule has 0 fully saturated rings. The molecule has 0 saturated heterocycles. The highest BCUT2D eigenvalue weighted by Gasteiger charge is 2.22. The molecule has 0 radical (unpaired) electrons. The minimum Gasteiger partial charge on any atom is -0.467 e. The molecule has 0 aromatic carbocycles. The summed E-state index contributed by atoms with van der Waals surface area (Å²) in [7, 11) is 1.65. The van der Waals surface area contributed by atoms with E-state index >= 15 is 0 Å². The van der Waals surface area contributed by atoms with Gasteiger partial charge in [-0.25, -0.2) is 0 Å². The number of aryl methyl sites for hydroxylation is 2. The molecule has 136 valence electrons. The lowest BCUT2D eigenvalue weighted by Gasteiger charge is -2.07. The third-order valence-electron chi connectivity index (χ3n) is 3.60. The van der Waals surface area contributed by atoms with Gasteiger partial charge >= 0.3 is 0 Å². The van der Waals surface area contributed by atoms with Gasteiger partial charge in [0.1, 0.15) is 11.5 Å². The molecule has 0 aliphatic rings. The number of rotatable bonds is 6. The van der Waals surface area contributed by atoms with Crippen molar-refractivity contribution in [2.75, 3.05) is 5.32 Å². The molecule has 0 spiro atoms. The molecule has 9 nitrogen and oxygen atoms in total. The van der Waals surface area contributed by atoms with Gasteiger partial charge in [-0.3, -0.25) is 19.0 Å². The molecule has 0 aliphatic heterocycles. The van der Waals surface area contributed by atoms with E-state index in [0.717, 1.165) is 0 Å². The second kappa shape index (κ2) is 7.44. The lowest BCUT2D eigenvalue weighted by molar-refractivity contribution is 0.0943. The van der Waals surface area contributed by atoms with Crippen molar-refractivity contribution in [2.24, 2.45) is 7.05 Å². The Morgan fingerprint density at radius 3 is 2.85 bits per heavy atom. The van der Waals surface area contributed by atoms with Gasteiger partial charge < -0.3 is 15.1 Å². The van der Waals surface area contributed by atoms with E-state index in [2.05, 4.69) is 20.8 Å². The number of amides is 2. The van der Waals surface area contributed by atoms with E-state index in [1.807, 2.05) is 6.92 Å². The van der Waals surface area contributed by atoms with Crippen molar-refractivity contribution >= 4 is 29.1 Å². The summed E-state index contributed by atoms with van der Waals surface area (Å²) in [4.78, 5) is 25.0. The Hall–Kier alpha value is -3.07. The first-order valence-corrected chi connectivity index (χ1v) is 8.24. The lowest BCUT2D eigenvalue weighted by Crippen LogP contribution is -2.25. The number of halogens is 1. The summed E-state index contributed by atoms with van der Waals surface area (Å²) in [5.74, 6) is -0.298. The van der Waals surface area contributed by atoms with Crippen LogP contribution in [0.2, 0.25) is 5.02 Å². The van der Waals surface area contributed by atoms with Gasteiger partial charge in [0, 0.05) is 19.8 Å². The lowest BCUT2D eigenvalue weighted by atomic mass is 10.3. The first-order chi connectivity index (χ1) is 12.5. The molecule has 0 atom stereocenters. The molecule has 0 saturated carbocycles. The summed E-state index contributed by atoms with van der Waals surface area (Å²) in [5, 5.41) is 13.7. The summed E-state index contributed by atoms with van der Waals surface area (Å²) in [6.45, 7) is 2.54. The van der Waals surface area contributed by atoms with E-state index in [9.17, 15) is 9.59 Å². The highest BCUT2D eigenvalue weighted by Crippen LogP contribution is 2.19. The van der Waals surface area contributed by atoms with Crippen LogP contribution in [-0.4, -0.2) is 31.4 Å². The van der Waals surface area contributed by atoms with E-state index in [1.165, 1.54) is 21.8 Å². The molecular weight excluding hydrogens is 360 g/mol. The first kappa shape index (κ1) is 17.7. The van der Waals surface area contributed by atoms with E-state index in [-0.39, 0.29) is 28.6 Å². The SMILES string of the molecule is CCn1ncc(Cl)c1C(=O)Nc1cn(C)nc1C(=O)NCc1ccco1. The molecule has 3 aromatic heterocycles. The molecule has 3 aromatic rings. The second-order valence-electron chi connectivity index (χ2n) is 5.44. The standard InChI is InChI=1S/C16H17ClN6O3/c1-3-23-14(11(17)8-19-23)16(25)20-12-9-22(2)21-13(12)15(24)18-7-10-5-4-6-26-10/h4-6,8-9H,3,7H2,1-2H3,(H,18,24)(H,20,25). The monoisotopic (exact) mass is 376 g/mol. The molecule has 2 N–H and O–H groups in total. The largest absolute Gasteiger partial charge is 0.467 e. The summed E-state index contributed by atoms with van der Waals surface area (Å²) < 4.78 is 8.09. The van der Waals surface area contributed by atoms with Gasteiger partial charge in [-0.1, -0.05) is 11.6 Å². The van der Waals surface area contributed by atoms with E-state index < -0.39 is 11.8 Å². The Bertz CT molecular complexity index is 928. The number of nitrogens with one attached hydrogen (secondary N) is 2. The average molecular weight is 377 g/mol. The molecule has 3 rings (SSSR count). The zero-order valence-corrected chi connectivity index (χ0v) is 14.9. The number of hydrogen-bond acceptors (Lipinski definition) is 5. The molecule has 0 unspecified atom stereocenters. The fourth-order valence-electron chi connectivity index (χ4n) is 2.42. The number of hydrogen-bond donors (Lipinski definition) is 2. The molecular formula is C16H17ClN6O3. The summed E-state index contributed by atoms with van der Waals surface area (Å²) in [5.41, 5.74) is 0.584. The number of aromatic nitrogens is 4. The van der Waals surface area contributed by atoms with Crippen LogP contribution in [0.15, 0.2) is 35.2 Å². The third kappa shape index (κ3) is 3.62. The molecule has 3 heterocycles. The van der Waals surface area contributed by atoms with Gasteiger partial charge in [-0.2, -0.15) is 10.2 Å². The number of carbonyl (C=O) groups excluding carboxylic acids is 2. The first-order valence-electron chi connectivity index (χ1n) is 7.86. The van der Waals surface area contributed by atoms with Crippen LogP contribution < -0.4 is 10.6 Å². The van der Waals surface area contributed by atoms with Gasteiger partial charge in [0.05, 0.1) is 29.7 Å². The average Bonchev–Trinajstić information content (AvgIpc) is 3.32. The van der Waals surface area contributed by atoms with Gasteiger partial charge in [-0.15, -0.1) is 0 Å². The normalized spacial score (nSPS) is 10.7. The molecule has 2 amide bonds. The van der Waals surface area contributed by atoms with E-state index in [1.54, 1.807) is 25.4 Å². The van der Waals surface area contributed by atoms with Crippen molar-refractivity contribution in [2.45, 2.75) is 20.0 Å². The topological polar surface area (TPSA) is 107 Å². The van der Waals surface area contributed by atoms with Crippen molar-refractivity contribution in [3.63, 3.8) is 0 Å². The number of nitrogens with zero attached hydrogens (tertiary/aromatic N) is 4. The Morgan fingerprint density at radius 1 is 1.35 bits per heavy atom. The maximum Gasteiger partial charge on any atom is 0.275 e. The van der Waals surface area contributed by atoms with Gasteiger partial charge in [0.2, 0.25) is 0 Å². The van der Waals surface area contributed by atoms with Crippen molar-refractivity contribution in [3.8, 4) is 0 Å². The van der Waals surface area contributed by atoms with Crippen LogP contribution in [-0.2, 0) is 20.1 Å². The van der Waals surface area contributed by atoms with Crippen molar-refractivity contribution in [1.29, 1.82) is 0 Å². The van der Waals surface area contributed by atoms with E-state index in [4.69, 9.17) is 16.0 Å². The number of carbonyl (C=O) groups is 2. The Balaban J connectivity index is 1.77. The molecule has 10 heteroatoms. The van der Waals surface area contributed by atoms with Crippen molar-refractivity contribution in [1.82, 2.24) is 24.9 Å². The Kier molecular flexibility index (Phi) is 5.08. The Labute approximate surface area is 153 Å². The predicted molar refractivity (Wildman–Crippen MR) is 94.0 cm³/mol.